The summed E-state index contributed by atoms with van der Waals surface area (Å²) in [6, 6.07) is 0.507. The van der Waals surface area contributed by atoms with Gasteiger partial charge < -0.3 is 10.6 Å². The summed E-state index contributed by atoms with van der Waals surface area (Å²) in [7, 11) is 0. The monoisotopic (exact) mass is 258 g/mol. The lowest BCUT2D eigenvalue weighted by atomic mass is 9.84. The summed E-state index contributed by atoms with van der Waals surface area (Å²) < 4.78 is 0.353. The quantitative estimate of drug-likeness (QED) is 0.656. The van der Waals surface area contributed by atoms with Gasteiger partial charge in [0.25, 0.3) is 0 Å². The summed E-state index contributed by atoms with van der Waals surface area (Å²) >= 11 is 1.91. The molecule has 0 unspecified atom stereocenters. The zero-order valence-corrected chi connectivity index (χ0v) is 12.2. The van der Waals surface area contributed by atoms with Gasteiger partial charge in [-0.15, -0.1) is 0 Å². The molecular weight excluding hydrogens is 232 g/mol. The van der Waals surface area contributed by atoms with Crippen LogP contribution in [-0.2, 0) is 4.79 Å². The third kappa shape index (κ3) is 5.30. The molecular formula is C13H26N2OS. The van der Waals surface area contributed by atoms with Gasteiger partial charge in [-0.1, -0.05) is 20.3 Å². The molecule has 0 aromatic carbocycles. The van der Waals surface area contributed by atoms with E-state index < -0.39 is 0 Å². The van der Waals surface area contributed by atoms with E-state index >= 15 is 0 Å². The number of nitrogens with one attached hydrogen (secondary N) is 2. The minimum absolute atomic E-state index is 0.205. The third-order valence-electron chi connectivity index (χ3n) is 3.44. The number of rotatable bonds is 8. The van der Waals surface area contributed by atoms with Crippen molar-refractivity contribution in [2.45, 2.75) is 56.7 Å². The van der Waals surface area contributed by atoms with Crippen LogP contribution in [0.2, 0.25) is 0 Å². The largest absolute Gasteiger partial charge is 0.355 e. The SMILES string of the molecule is CSC1(CNC(=O)CCCNC(C)C)CCC1. The first-order valence-electron chi connectivity index (χ1n) is 6.63. The Kier molecular flexibility index (Phi) is 6.34. The predicted molar refractivity (Wildman–Crippen MR) is 75.5 cm³/mol. The Morgan fingerprint density at radius 3 is 2.59 bits per heavy atom. The summed E-state index contributed by atoms with van der Waals surface area (Å²) in [6.45, 7) is 6.03. The van der Waals surface area contributed by atoms with Crippen LogP contribution in [0.15, 0.2) is 0 Å². The molecule has 0 aromatic rings. The highest BCUT2D eigenvalue weighted by atomic mass is 32.2. The van der Waals surface area contributed by atoms with E-state index in [-0.39, 0.29) is 5.91 Å². The lowest BCUT2D eigenvalue weighted by Crippen LogP contribution is -2.45. The fourth-order valence-corrected chi connectivity index (χ4v) is 2.93. The van der Waals surface area contributed by atoms with Crippen molar-refractivity contribution in [1.29, 1.82) is 0 Å². The van der Waals surface area contributed by atoms with E-state index in [4.69, 9.17) is 0 Å². The molecule has 0 heterocycles. The van der Waals surface area contributed by atoms with Crippen molar-refractivity contribution in [2.75, 3.05) is 19.3 Å². The molecule has 0 bridgehead atoms. The van der Waals surface area contributed by atoms with Gasteiger partial charge in [-0.25, -0.2) is 0 Å². The van der Waals surface area contributed by atoms with E-state index in [0.29, 0.717) is 17.2 Å². The zero-order valence-electron chi connectivity index (χ0n) is 11.3. The Hall–Kier alpha value is -0.220. The van der Waals surface area contributed by atoms with Crippen LogP contribution >= 0.6 is 11.8 Å². The lowest BCUT2D eigenvalue weighted by Gasteiger charge is -2.40. The Labute approximate surface area is 109 Å². The van der Waals surface area contributed by atoms with Crippen LogP contribution in [0.1, 0.15) is 46.0 Å². The molecule has 0 atom stereocenters. The van der Waals surface area contributed by atoms with Crippen LogP contribution in [0.4, 0.5) is 0 Å². The molecule has 1 saturated carbocycles. The molecule has 0 aromatic heterocycles. The summed E-state index contributed by atoms with van der Waals surface area (Å²) in [6.07, 6.45) is 7.54. The first kappa shape index (κ1) is 14.8. The fraction of sp³-hybridized carbons (Fsp3) is 0.923. The van der Waals surface area contributed by atoms with Gasteiger partial charge in [0.05, 0.1) is 0 Å². The average molecular weight is 258 g/mol. The van der Waals surface area contributed by atoms with Crippen LogP contribution in [-0.4, -0.2) is 36.0 Å². The molecule has 17 heavy (non-hydrogen) atoms. The molecule has 3 nitrogen and oxygen atoms in total. The number of hydrogen-bond acceptors (Lipinski definition) is 3. The van der Waals surface area contributed by atoms with E-state index in [0.717, 1.165) is 19.5 Å². The Balaban J connectivity index is 2.05. The number of carbonyl (C=O) groups excluding carboxylic acids is 1. The highest BCUT2D eigenvalue weighted by Gasteiger charge is 2.36. The molecule has 0 radical (unpaired) electrons. The lowest BCUT2D eigenvalue weighted by molar-refractivity contribution is -0.121. The maximum Gasteiger partial charge on any atom is 0.220 e. The Bertz CT molecular complexity index is 234. The van der Waals surface area contributed by atoms with Crippen LogP contribution in [0.3, 0.4) is 0 Å². The Morgan fingerprint density at radius 2 is 2.12 bits per heavy atom. The van der Waals surface area contributed by atoms with Crippen molar-refractivity contribution in [1.82, 2.24) is 10.6 Å². The molecule has 1 fully saturated rings. The molecule has 0 spiro atoms. The first-order valence-corrected chi connectivity index (χ1v) is 7.86. The number of amides is 1. The molecule has 1 rings (SSSR count). The number of carbonyl (C=O) groups is 1. The summed E-state index contributed by atoms with van der Waals surface area (Å²) in [5.41, 5.74) is 0. The third-order valence-corrected chi connectivity index (χ3v) is 4.86. The van der Waals surface area contributed by atoms with Crippen molar-refractivity contribution >= 4 is 17.7 Å². The van der Waals surface area contributed by atoms with Gasteiger partial charge >= 0.3 is 0 Å². The standard InChI is InChI=1S/C13H26N2OS/c1-11(2)14-9-4-6-12(16)15-10-13(17-3)7-5-8-13/h11,14H,4-10H2,1-3H3,(H,15,16). The summed E-state index contributed by atoms with van der Waals surface area (Å²) in [4.78, 5) is 11.6. The molecule has 100 valence electrons. The highest BCUT2D eigenvalue weighted by Crippen LogP contribution is 2.42. The van der Waals surface area contributed by atoms with Gasteiger partial charge in [-0.3, -0.25) is 4.79 Å². The number of thioether (sulfide) groups is 1. The molecule has 1 amide bonds. The van der Waals surface area contributed by atoms with E-state index in [1.54, 1.807) is 0 Å². The maximum atomic E-state index is 11.6. The summed E-state index contributed by atoms with van der Waals surface area (Å²) in [5, 5.41) is 6.40. The van der Waals surface area contributed by atoms with Gasteiger partial charge in [-0.2, -0.15) is 11.8 Å². The van der Waals surface area contributed by atoms with E-state index in [1.165, 1.54) is 19.3 Å². The zero-order chi connectivity index (χ0) is 12.7. The molecule has 0 aliphatic heterocycles. The summed E-state index contributed by atoms with van der Waals surface area (Å²) in [5.74, 6) is 0.205. The van der Waals surface area contributed by atoms with Crippen molar-refractivity contribution in [3.8, 4) is 0 Å². The van der Waals surface area contributed by atoms with Crippen molar-refractivity contribution in [2.24, 2.45) is 0 Å². The fourth-order valence-electron chi connectivity index (χ4n) is 2.01. The van der Waals surface area contributed by atoms with Gasteiger partial charge in [0, 0.05) is 23.8 Å². The molecule has 4 heteroatoms. The first-order chi connectivity index (χ1) is 8.08. The second-order valence-electron chi connectivity index (χ2n) is 5.23. The van der Waals surface area contributed by atoms with E-state index in [9.17, 15) is 4.79 Å². The van der Waals surface area contributed by atoms with Crippen molar-refractivity contribution < 1.29 is 4.79 Å². The molecule has 1 aliphatic carbocycles. The molecule has 1 aliphatic rings. The Morgan fingerprint density at radius 1 is 1.41 bits per heavy atom. The average Bonchev–Trinajstić information content (AvgIpc) is 2.23. The van der Waals surface area contributed by atoms with Crippen LogP contribution < -0.4 is 10.6 Å². The van der Waals surface area contributed by atoms with Gasteiger partial charge in [0.15, 0.2) is 0 Å². The van der Waals surface area contributed by atoms with Crippen LogP contribution in [0, 0.1) is 0 Å². The second kappa shape index (κ2) is 7.27. The second-order valence-corrected chi connectivity index (χ2v) is 6.50. The minimum Gasteiger partial charge on any atom is -0.355 e. The molecule has 0 saturated heterocycles. The van der Waals surface area contributed by atoms with Crippen LogP contribution in [0.5, 0.6) is 0 Å². The van der Waals surface area contributed by atoms with E-state index in [2.05, 4.69) is 30.7 Å². The number of hydrogen-bond donors (Lipinski definition) is 2. The minimum atomic E-state index is 0.205. The van der Waals surface area contributed by atoms with Crippen molar-refractivity contribution in [3.63, 3.8) is 0 Å². The maximum absolute atomic E-state index is 11.6. The topological polar surface area (TPSA) is 41.1 Å². The van der Waals surface area contributed by atoms with Crippen molar-refractivity contribution in [3.05, 3.63) is 0 Å². The molecule has 2 N–H and O–H groups in total. The van der Waals surface area contributed by atoms with Gasteiger partial charge in [0.1, 0.15) is 0 Å². The predicted octanol–water partition coefficient (Wildman–Crippen LogP) is 2.17. The van der Waals surface area contributed by atoms with Gasteiger partial charge in [-0.05, 0) is 32.1 Å². The van der Waals surface area contributed by atoms with Crippen LogP contribution in [0.25, 0.3) is 0 Å². The normalized spacial score (nSPS) is 17.9. The smallest absolute Gasteiger partial charge is 0.220 e. The van der Waals surface area contributed by atoms with Gasteiger partial charge in [0.2, 0.25) is 5.91 Å². The highest BCUT2D eigenvalue weighted by molar-refractivity contribution is 8.00. The van der Waals surface area contributed by atoms with E-state index in [1.807, 2.05) is 11.8 Å².